The van der Waals surface area contributed by atoms with E-state index < -0.39 is 10.0 Å². The fraction of sp³-hybridized carbons (Fsp3) is 0.400. The summed E-state index contributed by atoms with van der Waals surface area (Å²) in [5.74, 6) is 0.280. The normalized spacial score (nSPS) is 23.4. The van der Waals surface area contributed by atoms with Crippen LogP contribution in [0.1, 0.15) is 41.0 Å². The Morgan fingerprint density at radius 1 is 0.861 bits per heavy atom. The average Bonchev–Trinajstić information content (AvgIpc) is 2.85. The van der Waals surface area contributed by atoms with Gasteiger partial charge in [-0.25, -0.2) is 8.42 Å². The molecule has 2 fully saturated rings. The summed E-state index contributed by atoms with van der Waals surface area (Å²) >= 11 is 0. The van der Waals surface area contributed by atoms with E-state index >= 15 is 0 Å². The first-order valence-electron chi connectivity index (χ1n) is 13.1. The van der Waals surface area contributed by atoms with E-state index in [4.69, 9.17) is 0 Å². The molecular formula is C30H38N3O2S+. The largest absolute Gasteiger partial charge is 0.356 e. The molecule has 2 heterocycles. The average molecular weight is 505 g/mol. The van der Waals surface area contributed by atoms with Crippen molar-refractivity contribution < 1.29 is 14.2 Å². The fourth-order valence-electron chi connectivity index (χ4n) is 6.19. The Balaban J connectivity index is 1.44. The number of benzene rings is 3. The molecule has 190 valence electrons. The first-order valence-corrected chi connectivity index (χ1v) is 14.5. The van der Waals surface area contributed by atoms with Gasteiger partial charge in [0.25, 0.3) is 0 Å². The molecule has 36 heavy (non-hydrogen) atoms. The molecule has 3 aromatic carbocycles. The van der Waals surface area contributed by atoms with Gasteiger partial charge >= 0.3 is 0 Å². The Labute approximate surface area is 216 Å². The molecule has 2 saturated heterocycles. The fourth-order valence-corrected chi connectivity index (χ4v) is 7.91. The lowest BCUT2D eigenvalue weighted by molar-refractivity contribution is -0.389. The van der Waals surface area contributed by atoms with Gasteiger partial charge in [-0.2, -0.15) is 4.31 Å². The number of nitrogens with zero attached hydrogens (tertiary/aromatic N) is 2. The van der Waals surface area contributed by atoms with E-state index in [-0.39, 0.29) is 12.0 Å². The van der Waals surface area contributed by atoms with E-state index in [1.54, 1.807) is 10.4 Å². The number of fused-ring (bicyclic) bond motifs is 1. The summed E-state index contributed by atoms with van der Waals surface area (Å²) in [6.07, 6.45) is 1.89. The predicted molar refractivity (Wildman–Crippen MR) is 145 cm³/mol. The monoisotopic (exact) mass is 504 g/mol. The summed E-state index contributed by atoms with van der Waals surface area (Å²) in [5.41, 5.74) is 11.5. The summed E-state index contributed by atoms with van der Waals surface area (Å²) in [6.45, 7) is 9.15. The lowest BCUT2D eigenvalue weighted by Gasteiger charge is -2.56. The van der Waals surface area contributed by atoms with Crippen molar-refractivity contribution in [1.82, 2.24) is 9.21 Å². The van der Waals surface area contributed by atoms with E-state index in [9.17, 15) is 8.42 Å². The van der Waals surface area contributed by atoms with E-state index in [0.717, 1.165) is 31.5 Å². The molecule has 5 nitrogen and oxygen atoms in total. The van der Waals surface area contributed by atoms with Crippen LogP contribution < -0.4 is 5.73 Å². The van der Waals surface area contributed by atoms with Crippen molar-refractivity contribution in [3.05, 3.63) is 89.0 Å². The van der Waals surface area contributed by atoms with Crippen LogP contribution in [0.15, 0.2) is 71.6 Å². The maximum atomic E-state index is 13.7. The highest BCUT2D eigenvalue weighted by atomic mass is 32.2. The number of hydrogen-bond acceptors (Lipinski definition) is 3. The van der Waals surface area contributed by atoms with Crippen LogP contribution in [0.5, 0.6) is 0 Å². The minimum atomic E-state index is -3.55. The topological polar surface area (TPSA) is 68.3 Å². The third-order valence-electron chi connectivity index (χ3n) is 8.36. The molecule has 0 saturated carbocycles. The Morgan fingerprint density at radius 3 is 2.28 bits per heavy atom. The maximum Gasteiger partial charge on any atom is 0.243 e. The highest BCUT2D eigenvalue weighted by Gasteiger charge is 2.51. The lowest BCUT2D eigenvalue weighted by atomic mass is 9.74. The molecule has 6 heteroatoms. The van der Waals surface area contributed by atoms with Gasteiger partial charge in [-0.1, -0.05) is 60.7 Å². The molecule has 3 atom stereocenters. The van der Waals surface area contributed by atoms with Crippen molar-refractivity contribution in [2.45, 2.75) is 56.5 Å². The second-order valence-corrected chi connectivity index (χ2v) is 12.3. The summed E-state index contributed by atoms with van der Waals surface area (Å²) in [7, 11) is -3.55. The third-order valence-corrected chi connectivity index (χ3v) is 10.4. The van der Waals surface area contributed by atoms with E-state index in [1.165, 1.54) is 27.8 Å². The van der Waals surface area contributed by atoms with Crippen LogP contribution in [0.2, 0.25) is 0 Å². The summed E-state index contributed by atoms with van der Waals surface area (Å²) in [6, 6.07) is 23.3. The molecule has 2 aliphatic rings. The van der Waals surface area contributed by atoms with Gasteiger partial charge in [-0.15, -0.1) is 0 Å². The quantitative estimate of drug-likeness (QED) is 0.568. The van der Waals surface area contributed by atoms with E-state index in [2.05, 4.69) is 66.9 Å². The first kappa shape index (κ1) is 25.2. The van der Waals surface area contributed by atoms with Crippen LogP contribution >= 0.6 is 0 Å². The number of hydrogen-bond donors (Lipinski definition) is 1. The lowest BCUT2D eigenvalue weighted by Crippen LogP contribution is -2.74. The molecule has 0 amide bonds. The number of aryl methyl sites for hydroxylation is 2. The molecule has 0 aliphatic carbocycles. The molecule has 3 unspecified atom stereocenters. The Morgan fingerprint density at radius 2 is 1.56 bits per heavy atom. The van der Waals surface area contributed by atoms with E-state index in [1.807, 2.05) is 25.1 Å². The number of rotatable bonds is 5. The second-order valence-electron chi connectivity index (χ2n) is 10.4. The molecule has 0 aromatic heterocycles. The zero-order chi connectivity index (χ0) is 25.4. The van der Waals surface area contributed by atoms with Crippen LogP contribution in [0.25, 0.3) is 11.1 Å². The smallest absolute Gasteiger partial charge is 0.243 e. The SMILES string of the molecule is Cc1ccccc1S(=O)(=O)N1CCCCN2C(C[NH3+])C(c3ccc(-c4cccc(C)c4C)cc3)C2C1. The summed E-state index contributed by atoms with van der Waals surface area (Å²) in [5, 5.41) is 0. The van der Waals surface area contributed by atoms with Gasteiger partial charge in [0.1, 0.15) is 0 Å². The van der Waals surface area contributed by atoms with Crippen molar-refractivity contribution in [2.24, 2.45) is 0 Å². The van der Waals surface area contributed by atoms with Crippen LogP contribution in [-0.2, 0) is 10.0 Å². The Kier molecular flexibility index (Phi) is 7.05. The van der Waals surface area contributed by atoms with Crippen molar-refractivity contribution in [3.63, 3.8) is 0 Å². The van der Waals surface area contributed by atoms with Crippen molar-refractivity contribution in [2.75, 3.05) is 26.2 Å². The van der Waals surface area contributed by atoms with Crippen LogP contribution in [0, 0.1) is 20.8 Å². The molecule has 5 rings (SSSR count). The molecule has 3 aromatic rings. The van der Waals surface area contributed by atoms with Gasteiger partial charge in [0.05, 0.1) is 17.5 Å². The zero-order valence-electron chi connectivity index (χ0n) is 21.7. The van der Waals surface area contributed by atoms with Gasteiger partial charge < -0.3 is 5.73 Å². The molecule has 2 aliphatic heterocycles. The Bertz CT molecular complexity index is 1340. The van der Waals surface area contributed by atoms with Gasteiger partial charge in [0.15, 0.2) is 0 Å². The number of quaternary nitrogens is 1. The van der Waals surface area contributed by atoms with Crippen molar-refractivity contribution in [1.29, 1.82) is 0 Å². The maximum absolute atomic E-state index is 13.7. The van der Waals surface area contributed by atoms with Crippen LogP contribution in [0.4, 0.5) is 0 Å². The van der Waals surface area contributed by atoms with Crippen LogP contribution in [-0.4, -0.2) is 55.9 Å². The first-order chi connectivity index (χ1) is 17.3. The van der Waals surface area contributed by atoms with E-state index in [0.29, 0.717) is 24.0 Å². The third kappa shape index (κ3) is 4.41. The van der Waals surface area contributed by atoms with Gasteiger partial charge in [-0.05, 0) is 79.6 Å². The minimum absolute atomic E-state index is 0.169. The number of sulfonamides is 1. The Hall–Kier alpha value is -2.51. The summed E-state index contributed by atoms with van der Waals surface area (Å²) < 4.78 is 29.1. The van der Waals surface area contributed by atoms with Gasteiger partial charge in [0, 0.05) is 25.0 Å². The standard InChI is InChI=1S/C30H37N3O2S/c1-21-10-8-11-26(23(21)3)24-13-15-25(16-14-24)30-27(19-31)33-18-7-6-17-32(20-28(30)33)36(34,35)29-12-5-4-9-22(29)2/h4-5,8-16,27-28,30H,6-7,17-20,31H2,1-3H3/p+1. The van der Waals surface area contributed by atoms with Crippen LogP contribution in [0.3, 0.4) is 0 Å². The highest BCUT2D eigenvalue weighted by Crippen LogP contribution is 2.42. The summed E-state index contributed by atoms with van der Waals surface area (Å²) in [4.78, 5) is 2.94. The van der Waals surface area contributed by atoms with Crippen molar-refractivity contribution in [3.8, 4) is 11.1 Å². The zero-order valence-corrected chi connectivity index (χ0v) is 22.5. The second kappa shape index (κ2) is 10.1. The molecule has 0 radical (unpaired) electrons. The van der Waals surface area contributed by atoms with Gasteiger partial charge in [-0.3, -0.25) is 4.90 Å². The molecule has 0 spiro atoms. The van der Waals surface area contributed by atoms with Gasteiger partial charge in [0.2, 0.25) is 10.0 Å². The molecular weight excluding hydrogens is 466 g/mol. The molecule has 3 N–H and O–H groups in total. The molecule has 0 bridgehead atoms. The van der Waals surface area contributed by atoms with Crippen molar-refractivity contribution >= 4 is 10.0 Å². The minimum Gasteiger partial charge on any atom is -0.356 e. The predicted octanol–water partition coefficient (Wildman–Crippen LogP) is 4.14. The highest BCUT2D eigenvalue weighted by molar-refractivity contribution is 7.89.